The van der Waals surface area contributed by atoms with Crippen molar-refractivity contribution < 1.29 is 19.5 Å². The van der Waals surface area contributed by atoms with Gasteiger partial charge in [-0.15, -0.1) is 0 Å². The van der Waals surface area contributed by atoms with E-state index >= 15 is 0 Å². The fraction of sp³-hybridized carbons (Fsp3) is 0.176. The van der Waals surface area contributed by atoms with Crippen molar-refractivity contribution in [1.29, 1.82) is 0 Å². The molecule has 0 aliphatic heterocycles. The summed E-state index contributed by atoms with van der Waals surface area (Å²) in [6.07, 6.45) is 0. The molecule has 2 aromatic rings. The fourth-order valence-electron chi connectivity index (χ4n) is 1.79. The normalized spacial score (nSPS) is 10.2. The van der Waals surface area contributed by atoms with E-state index in [1.54, 1.807) is 18.2 Å². The van der Waals surface area contributed by atoms with Crippen molar-refractivity contribution in [2.24, 2.45) is 5.16 Å². The number of carbonyl (C=O) groups is 1. The SMILES string of the molecule is CNC(=O)/C(=N/OC)c1ccccc1Oc1ccccc1.C[O]. The van der Waals surface area contributed by atoms with Crippen molar-refractivity contribution in [2.75, 3.05) is 21.3 Å². The Labute approximate surface area is 135 Å². The number of carbonyl (C=O) groups excluding carboxylic acids is 1. The Morgan fingerprint density at radius 1 is 1.00 bits per heavy atom. The van der Waals surface area contributed by atoms with Gasteiger partial charge < -0.3 is 14.9 Å². The molecule has 0 unspecified atom stereocenters. The van der Waals surface area contributed by atoms with E-state index in [1.165, 1.54) is 14.2 Å². The fourth-order valence-corrected chi connectivity index (χ4v) is 1.79. The Kier molecular flexibility index (Phi) is 7.88. The number of oxime groups is 1. The molecule has 0 heterocycles. The van der Waals surface area contributed by atoms with Crippen LogP contribution in [0.3, 0.4) is 0 Å². The topological polar surface area (TPSA) is 79.8 Å². The van der Waals surface area contributed by atoms with Gasteiger partial charge in [0.2, 0.25) is 0 Å². The summed E-state index contributed by atoms with van der Waals surface area (Å²) in [6, 6.07) is 16.5. The lowest BCUT2D eigenvalue weighted by Gasteiger charge is -2.11. The molecule has 0 saturated carbocycles. The largest absolute Gasteiger partial charge is 0.457 e. The number of hydrogen-bond donors (Lipinski definition) is 1. The van der Waals surface area contributed by atoms with Crippen LogP contribution in [0.1, 0.15) is 5.56 Å². The molecule has 2 rings (SSSR count). The Morgan fingerprint density at radius 3 is 2.22 bits per heavy atom. The summed E-state index contributed by atoms with van der Waals surface area (Å²) >= 11 is 0. The summed E-state index contributed by atoms with van der Waals surface area (Å²) in [7, 11) is 3.68. The van der Waals surface area contributed by atoms with Gasteiger partial charge in [0, 0.05) is 7.05 Å². The van der Waals surface area contributed by atoms with Crippen LogP contribution in [0.4, 0.5) is 0 Å². The third-order valence-electron chi connectivity index (χ3n) is 2.74. The highest BCUT2D eigenvalue weighted by Crippen LogP contribution is 2.25. The first kappa shape index (κ1) is 18.2. The quantitative estimate of drug-likeness (QED) is 0.680. The van der Waals surface area contributed by atoms with Gasteiger partial charge in [-0.2, -0.15) is 0 Å². The zero-order chi connectivity index (χ0) is 17.1. The number of ether oxygens (including phenoxy) is 1. The number of amides is 1. The van der Waals surface area contributed by atoms with Crippen molar-refractivity contribution in [2.45, 2.75) is 0 Å². The summed E-state index contributed by atoms with van der Waals surface area (Å²) in [5.41, 5.74) is 0.717. The second-order valence-corrected chi connectivity index (χ2v) is 4.11. The van der Waals surface area contributed by atoms with Crippen molar-refractivity contribution in [3.8, 4) is 11.5 Å². The van der Waals surface area contributed by atoms with Crippen LogP contribution >= 0.6 is 0 Å². The molecule has 121 valence electrons. The lowest BCUT2D eigenvalue weighted by atomic mass is 10.1. The monoisotopic (exact) mass is 315 g/mol. The van der Waals surface area contributed by atoms with Gasteiger partial charge >= 0.3 is 0 Å². The Bertz CT molecular complexity index is 642. The summed E-state index contributed by atoms with van der Waals surface area (Å²) in [5, 5.41) is 14.6. The van der Waals surface area contributed by atoms with Crippen LogP contribution in [0, 0.1) is 0 Å². The first-order valence-corrected chi connectivity index (χ1v) is 6.82. The Balaban J connectivity index is 0.00000127. The molecule has 6 heteroatoms. The van der Waals surface area contributed by atoms with E-state index in [2.05, 4.69) is 10.5 Å². The van der Waals surface area contributed by atoms with Crippen LogP contribution in [-0.4, -0.2) is 32.9 Å². The molecule has 0 spiro atoms. The minimum Gasteiger partial charge on any atom is -0.457 e. The molecular formula is C17H19N2O4. The molecular weight excluding hydrogens is 296 g/mol. The van der Waals surface area contributed by atoms with Crippen molar-refractivity contribution in [3.63, 3.8) is 0 Å². The number of hydrogen-bond acceptors (Lipinski definition) is 4. The number of nitrogens with zero attached hydrogens (tertiary/aromatic N) is 1. The average molecular weight is 315 g/mol. The highest BCUT2D eigenvalue weighted by Gasteiger charge is 2.18. The number of benzene rings is 2. The highest BCUT2D eigenvalue weighted by molar-refractivity contribution is 6.45. The molecule has 0 aliphatic carbocycles. The lowest BCUT2D eigenvalue weighted by Crippen LogP contribution is -2.28. The van der Waals surface area contributed by atoms with Crippen LogP contribution in [0.5, 0.6) is 11.5 Å². The molecule has 0 saturated heterocycles. The molecule has 0 bridgehead atoms. The van der Waals surface area contributed by atoms with Gasteiger partial charge in [0.05, 0.1) is 12.7 Å². The van der Waals surface area contributed by atoms with Crippen LogP contribution in [0.2, 0.25) is 0 Å². The average Bonchev–Trinajstić information content (AvgIpc) is 2.62. The van der Waals surface area contributed by atoms with Crippen molar-refractivity contribution in [1.82, 2.24) is 5.32 Å². The maximum atomic E-state index is 11.9. The molecule has 0 atom stereocenters. The maximum Gasteiger partial charge on any atom is 0.273 e. The molecule has 6 nitrogen and oxygen atoms in total. The smallest absolute Gasteiger partial charge is 0.273 e. The van der Waals surface area contributed by atoms with E-state index in [-0.39, 0.29) is 11.6 Å². The van der Waals surface area contributed by atoms with Gasteiger partial charge in [0.25, 0.3) is 5.91 Å². The second-order valence-electron chi connectivity index (χ2n) is 4.11. The molecule has 0 aliphatic rings. The van der Waals surface area contributed by atoms with Gasteiger partial charge in [-0.05, 0) is 24.3 Å². The number of rotatable bonds is 5. The van der Waals surface area contributed by atoms with E-state index in [9.17, 15) is 4.79 Å². The highest BCUT2D eigenvalue weighted by atomic mass is 16.6. The van der Waals surface area contributed by atoms with Gasteiger partial charge in [-0.1, -0.05) is 35.5 Å². The van der Waals surface area contributed by atoms with Crippen molar-refractivity contribution >= 4 is 11.6 Å². The maximum absolute atomic E-state index is 11.9. The van der Waals surface area contributed by atoms with E-state index < -0.39 is 0 Å². The van der Waals surface area contributed by atoms with E-state index in [0.717, 1.165) is 7.11 Å². The first-order valence-electron chi connectivity index (χ1n) is 6.82. The predicted octanol–water partition coefficient (Wildman–Crippen LogP) is 2.62. The Hall–Kier alpha value is -2.86. The zero-order valence-corrected chi connectivity index (χ0v) is 13.3. The van der Waals surface area contributed by atoms with E-state index in [0.29, 0.717) is 17.1 Å². The number of likely N-dealkylation sites (N-methyl/N-ethyl adjacent to an activating group) is 1. The molecule has 2 aromatic carbocycles. The standard InChI is InChI=1S/C16H16N2O3.CH3O/c1-17-16(19)15(18-20-2)13-10-6-7-11-14(13)21-12-8-4-3-5-9-12;1-2/h3-11H,1-2H3,(H,17,19);1H3/b18-15+;. The first-order chi connectivity index (χ1) is 11.3. The van der Waals surface area contributed by atoms with Crippen molar-refractivity contribution in [3.05, 3.63) is 60.2 Å². The van der Waals surface area contributed by atoms with Gasteiger partial charge in [-0.3, -0.25) is 4.79 Å². The zero-order valence-electron chi connectivity index (χ0n) is 13.3. The number of para-hydroxylation sites is 2. The summed E-state index contributed by atoms with van der Waals surface area (Å²) in [4.78, 5) is 16.7. The van der Waals surface area contributed by atoms with Gasteiger partial charge in [0.15, 0.2) is 5.71 Å². The van der Waals surface area contributed by atoms with Gasteiger partial charge in [0.1, 0.15) is 18.6 Å². The molecule has 0 aromatic heterocycles. The molecule has 0 fully saturated rings. The lowest BCUT2D eigenvalue weighted by molar-refractivity contribution is -0.114. The minimum absolute atomic E-state index is 0.159. The summed E-state index contributed by atoms with van der Waals surface area (Å²) in [6.45, 7) is 0. The molecule has 23 heavy (non-hydrogen) atoms. The molecule has 1 N–H and O–H groups in total. The van der Waals surface area contributed by atoms with Crippen LogP contribution < -0.4 is 10.1 Å². The second kappa shape index (κ2) is 9.97. The molecule has 1 radical (unpaired) electrons. The third-order valence-corrected chi connectivity index (χ3v) is 2.74. The predicted molar refractivity (Wildman–Crippen MR) is 87.2 cm³/mol. The minimum atomic E-state index is -0.346. The van der Waals surface area contributed by atoms with Crippen LogP contribution in [-0.2, 0) is 14.7 Å². The van der Waals surface area contributed by atoms with Crippen LogP contribution in [0.15, 0.2) is 59.8 Å². The summed E-state index contributed by atoms with van der Waals surface area (Å²) in [5.74, 6) is 0.864. The van der Waals surface area contributed by atoms with Crippen LogP contribution in [0.25, 0.3) is 0 Å². The van der Waals surface area contributed by atoms with E-state index in [1.807, 2.05) is 36.4 Å². The number of nitrogens with one attached hydrogen (secondary N) is 1. The summed E-state index contributed by atoms with van der Waals surface area (Å²) < 4.78 is 5.82. The third kappa shape index (κ3) is 5.12. The Morgan fingerprint density at radius 2 is 1.61 bits per heavy atom. The van der Waals surface area contributed by atoms with E-state index in [4.69, 9.17) is 14.7 Å². The van der Waals surface area contributed by atoms with Gasteiger partial charge in [-0.25, -0.2) is 5.11 Å². The molecule has 1 amide bonds.